The predicted octanol–water partition coefficient (Wildman–Crippen LogP) is 5.00. The molecule has 0 bridgehead atoms. The number of hydrogen-bond donors (Lipinski definition) is 0. The second kappa shape index (κ2) is 4.56. The van der Waals surface area contributed by atoms with E-state index < -0.39 is 0 Å². The van der Waals surface area contributed by atoms with Gasteiger partial charge in [0.25, 0.3) is 0 Å². The Balaban J connectivity index is 2.29. The zero-order chi connectivity index (χ0) is 13.6. The fourth-order valence-electron chi connectivity index (χ4n) is 3.52. The van der Waals surface area contributed by atoms with Crippen molar-refractivity contribution in [2.24, 2.45) is 0 Å². The van der Waals surface area contributed by atoms with Crippen LogP contribution in [-0.4, -0.2) is 0 Å². The molecule has 19 heavy (non-hydrogen) atoms. The maximum absolute atomic E-state index is 5.89. The molecule has 1 nitrogen and oxygen atoms in total. The minimum absolute atomic E-state index is 0.542. The minimum Gasteiger partial charge on any atom is -0.457 e. The van der Waals surface area contributed by atoms with Gasteiger partial charge in [0.2, 0.25) is 0 Å². The van der Waals surface area contributed by atoms with Crippen LogP contribution in [0.1, 0.15) is 61.8 Å². The molecule has 1 aromatic rings. The number of allylic oxidation sites excluding steroid dienone is 2. The van der Waals surface area contributed by atoms with Gasteiger partial charge >= 0.3 is 0 Å². The third kappa shape index (κ3) is 2.01. The van der Waals surface area contributed by atoms with Gasteiger partial charge in [-0.2, -0.15) is 0 Å². The first-order valence-corrected chi connectivity index (χ1v) is 7.32. The largest absolute Gasteiger partial charge is 0.457 e. The molecule has 0 N–H and O–H groups in total. The van der Waals surface area contributed by atoms with E-state index in [2.05, 4.69) is 39.5 Å². The van der Waals surface area contributed by atoms with E-state index in [4.69, 9.17) is 4.74 Å². The van der Waals surface area contributed by atoms with E-state index in [9.17, 15) is 0 Å². The van der Waals surface area contributed by atoms with Crippen LogP contribution in [0.2, 0.25) is 0 Å². The zero-order valence-electron chi connectivity index (χ0n) is 12.2. The summed E-state index contributed by atoms with van der Waals surface area (Å²) in [6.07, 6.45) is 7.11. The summed E-state index contributed by atoms with van der Waals surface area (Å²) >= 11 is 0. The molecule has 1 aliphatic carbocycles. The van der Waals surface area contributed by atoms with Crippen molar-refractivity contribution < 1.29 is 4.74 Å². The minimum atomic E-state index is 0.542. The number of ether oxygens (including phenoxy) is 1. The van der Waals surface area contributed by atoms with Crippen molar-refractivity contribution in [3.05, 3.63) is 46.7 Å². The van der Waals surface area contributed by atoms with E-state index in [0.717, 1.165) is 11.5 Å². The first-order chi connectivity index (χ1) is 9.08. The highest BCUT2D eigenvalue weighted by Crippen LogP contribution is 2.43. The lowest BCUT2D eigenvalue weighted by Crippen LogP contribution is -2.13. The van der Waals surface area contributed by atoms with Gasteiger partial charge in [0.15, 0.2) is 0 Å². The van der Waals surface area contributed by atoms with E-state index >= 15 is 0 Å². The van der Waals surface area contributed by atoms with Crippen molar-refractivity contribution in [2.45, 2.75) is 52.4 Å². The molecule has 0 amide bonds. The van der Waals surface area contributed by atoms with Crippen molar-refractivity contribution in [3.8, 4) is 5.75 Å². The molecular formula is C18H22O. The fraction of sp³-hybridized carbons (Fsp3) is 0.444. The molecule has 1 aromatic carbocycles. The molecule has 0 aromatic heterocycles. The molecule has 0 atom stereocenters. The third-order valence-electron chi connectivity index (χ3n) is 4.25. The molecule has 0 saturated carbocycles. The Kier molecular flexibility index (Phi) is 3.00. The maximum atomic E-state index is 5.89. The summed E-state index contributed by atoms with van der Waals surface area (Å²) < 4.78 is 5.89. The SMILES string of the molecule is C=C1C=C(C)c2c(cc3c(c2C(C)C)CCCC3)O1. The van der Waals surface area contributed by atoms with Gasteiger partial charge in [0.05, 0.1) is 0 Å². The second-order valence-corrected chi connectivity index (χ2v) is 6.06. The molecular weight excluding hydrogens is 232 g/mol. The van der Waals surface area contributed by atoms with Crippen LogP contribution in [0.5, 0.6) is 5.75 Å². The van der Waals surface area contributed by atoms with Gasteiger partial charge in [-0.3, -0.25) is 0 Å². The van der Waals surface area contributed by atoms with Gasteiger partial charge in [0.1, 0.15) is 11.5 Å². The summed E-state index contributed by atoms with van der Waals surface area (Å²) in [6.45, 7) is 10.7. The normalized spacial score (nSPS) is 17.7. The number of aryl methyl sites for hydroxylation is 1. The summed E-state index contributed by atoms with van der Waals surface area (Å²) in [5.41, 5.74) is 7.21. The quantitative estimate of drug-likeness (QED) is 0.685. The van der Waals surface area contributed by atoms with Crippen molar-refractivity contribution in [2.75, 3.05) is 0 Å². The van der Waals surface area contributed by atoms with E-state index in [1.807, 2.05) is 0 Å². The van der Waals surface area contributed by atoms with Crippen LogP contribution < -0.4 is 4.74 Å². The molecule has 0 spiro atoms. The molecule has 2 aliphatic rings. The Bertz CT molecular complexity index is 576. The summed E-state index contributed by atoms with van der Waals surface area (Å²) in [5, 5.41) is 0. The van der Waals surface area contributed by atoms with Crippen LogP contribution >= 0.6 is 0 Å². The molecule has 100 valence electrons. The molecule has 1 heteroatoms. The molecule has 0 fully saturated rings. The van der Waals surface area contributed by atoms with Crippen LogP contribution in [0.15, 0.2) is 24.5 Å². The lowest BCUT2D eigenvalue weighted by atomic mass is 9.79. The highest BCUT2D eigenvalue weighted by molar-refractivity contribution is 5.78. The van der Waals surface area contributed by atoms with E-state index in [-0.39, 0.29) is 0 Å². The molecule has 1 aliphatic heterocycles. The van der Waals surface area contributed by atoms with Crippen molar-refractivity contribution in [1.82, 2.24) is 0 Å². The maximum Gasteiger partial charge on any atom is 0.135 e. The standard InChI is InChI=1S/C18H22O/c1-11(2)17-15-8-6-5-7-14(15)10-16-18(17)12(3)9-13(4)19-16/h9-11H,4-8H2,1-3H3. The van der Waals surface area contributed by atoms with E-state index in [1.165, 1.54) is 47.9 Å². The van der Waals surface area contributed by atoms with Crippen LogP contribution in [0, 0.1) is 0 Å². The van der Waals surface area contributed by atoms with Gasteiger partial charge in [-0.1, -0.05) is 20.4 Å². The van der Waals surface area contributed by atoms with Crippen molar-refractivity contribution >= 4 is 5.57 Å². The summed E-state index contributed by atoms with van der Waals surface area (Å²) in [6, 6.07) is 2.26. The van der Waals surface area contributed by atoms with Crippen molar-refractivity contribution in [3.63, 3.8) is 0 Å². The average molecular weight is 254 g/mol. The molecule has 0 saturated heterocycles. The van der Waals surface area contributed by atoms with Crippen molar-refractivity contribution in [1.29, 1.82) is 0 Å². The highest BCUT2D eigenvalue weighted by atomic mass is 16.5. The summed E-state index contributed by atoms with van der Waals surface area (Å²) in [5.74, 6) is 2.32. The van der Waals surface area contributed by atoms with Crippen LogP contribution in [-0.2, 0) is 12.8 Å². The van der Waals surface area contributed by atoms with E-state index in [1.54, 1.807) is 5.56 Å². The van der Waals surface area contributed by atoms with E-state index in [0.29, 0.717) is 5.92 Å². The van der Waals surface area contributed by atoms with Crippen LogP contribution in [0.3, 0.4) is 0 Å². The van der Waals surface area contributed by atoms with Crippen LogP contribution in [0.4, 0.5) is 0 Å². The lowest BCUT2D eigenvalue weighted by Gasteiger charge is -2.29. The second-order valence-electron chi connectivity index (χ2n) is 6.06. The fourth-order valence-corrected chi connectivity index (χ4v) is 3.52. The number of fused-ring (bicyclic) bond motifs is 2. The molecule has 0 unspecified atom stereocenters. The number of hydrogen-bond acceptors (Lipinski definition) is 1. The highest BCUT2D eigenvalue weighted by Gasteiger charge is 2.25. The lowest BCUT2D eigenvalue weighted by molar-refractivity contribution is 0.438. The van der Waals surface area contributed by atoms with Gasteiger partial charge in [-0.25, -0.2) is 0 Å². The molecule has 3 rings (SSSR count). The first kappa shape index (κ1) is 12.5. The van der Waals surface area contributed by atoms with Gasteiger partial charge in [-0.15, -0.1) is 0 Å². The molecule has 0 radical (unpaired) electrons. The molecule has 1 heterocycles. The Morgan fingerprint density at radius 1 is 1.21 bits per heavy atom. The van der Waals surface area contributed by atoms with Gasteiger partial charge in [-0.05, 0) is 72.9 Å². The smallest absolute Gasteiger partial charge is 0.135 e. The first-order valence-electron chi connectivity index (χ1n) is 7.32. The monoisotopic (exact) mass is 254 g/mol. The number of rotatable bonds is 1. The summed E-state index contributed by atoms with van der Waals surface area (Å²) in [4.78, 5) is 0. The third-order valence-corrected chi connectivity index (χ3v) is 4.25. The van der Waals surface area contributed by atoms with Gasteiger partial charge in [0, 0.05) is 5.56 Å². The topological polar surface area (TPSA) is 9.23 Å². The summed E-state index contributed by atoms with van der Waals surface area (Å²) in [7, 11) is 0. The zero-order valence-corrected chi connectivity index (χ0v) is 12.2. The number of benzene rings is 1. The van der Waals surface area contributed by atoms with Crippen LogP contribution in [0.25, 0.3) is 5.57 Å². The Morgan fingerprint density at radius 2 is 1.95 bits per heavy atom. The average Bonchev–Trinajstić information content (AvgIpc) is 2.35. The Labute approximate surface area is 116 Å². The Morgan fingerprint density at radius 3 is 2.68 bits per heavy atom. The Hall–Kier alpha value is -1.50. The predicted molar refractivity (Wildman–Crippen MR) is 80.6 cm³/mol. The van der Waals surface area contributed by atoms with Gasteiger partial charge < -0.3 is 4.74 Å².